The van der Waals surface area contributed by atoms with Crippen LogP contribution < -0.4 is 16.0 Å². The van der Waals surface area contributed by atoms with Crippen LogP contribution in [0, 0.1) is 10.1 Å². The number of hydrogen-bond acceptors (Lipinski definition) is 6. The Labute approximate surface area is 108 Å². The predicted molar refractivity (Wildman–Crippen MR) is 67.5 cm³/mol. The highest BCUT2D eigenvalue weighted by Gasteiger charge is 2.31. The molecule has 3 N–H and O–H groups in total. The Morgan fingerprint density at radius 2 is 2.16 bits per heavy atom. The second kappa shape index (κ2) is 4.56. The molecule has 0 aliphatic carbocycles. The maximum atomic E-state index is 11.6. The van der Waals surface area contributed by atoms with Gasteiger partial charge in [-0.3, -0.25) is 25.0 Å². The summed E-state index contributed by atoms with van der Waals surface area (Å²) in [5, 5.41) is 12.8. The summed E-state index contributed by atoms with van der Waals surface area (Å²) in [6.45, 7) is 1.61. The van der Waals surface area contributed by atoms with Crippen LogP contribution in [0.3, 0.4) is 0 Å². The van der Waals surface area contributed by atoms with Crippen molar-refractivity contribution in [2.75, 3.05) is 17.2 Å². The summed E-state index contributed by atoms with van der Waals surface area (Å²) < 4.78 is 0. The van der Waals surface area contributed by atoms with Crippen LogP contribution >= 0.6 is 0 Å². The van der Waals surface area contributed by atoms with Gasteiger partial charge in [-0.15, -0.1) is 0 Å². The molecule has 2 amide bonds. The second-order valence-electron chi connectivity index (χ2n) is 4.22. The Morgan fingerprint density at radius 1 is 1.47 bits per heavy atom. The number of nitro groups is 1. The number of amides is 2. The third kappa shape index (κ3) is 2.32. The highest BCUT2D eigenvalue weighted by molar-refractivity contribution is 6.05. The standard InChI is InChI=1S/C11H12N4O4/c1-6-11(17)13-10(16)5-14(6)9-3-2-7(15(18)19)4-8(9)12/h2-4,6H,5,12H2,1H3,(H,13,16,17). The predicted octanol–water partition coefficient (Wildman–Crippen LogP) is 0.0283. The van der Waals surface area contributed by atoms with Crippen molar-refractivity contribution in [1.82, 2.24) is 5.32 Å². The summed E-state index contributed by atoms with van der Waals surface area (Å²) in [7, 11) is 0. The number of nitrogen functional groups attached to an aromatic ring is 1. The highest BCUT2D eigenvalue weighted by Crippen LogP contribution is 2.29. The van der Waals surface area contributed by atoms with Crippen LogP contribution in [0.5, 0.6) is 0 Å². The molecule has 1 aromatic rings. The number of imide groups is 1. The van der Waals surface area contributed by atoms with E-state index in [0.717, 1.165) is 0 Å². The maximum absolute atomic E-state index is 11.6. The minimum absolute atomic E-state index is 0.0189. The third-order valence-electron chi connectivity index (χ3n) is 2.95. The smallest absolute Gasteiger partial charge is 0.271 e. The number of rotatable bonds is 2. The van der Waals surface area contributed by atoms with Gasteiger partial charge in [0.2, 0.25) is 11.8 Å². The lowest BCUT2D eigenvalue weighted by Crippen LogP contribution is -2.57. The molecule has 1 aromatic carbocycles. The zero-order chi connectivity index (χ0) is 14.2. The first-order valence-corrected chi connectivity index (χ1v) is 5.54. The highest BCUT2D eigenvalue weighted by atomic mass is 16.6. The molecule has 19 heavy (non-hydrogen) atoms. The lowest BCUT2D eigenvalue weighted by atomic mass is 10.1. The lowest BCUT2D eigenvalue weighted by molar-refractivity contribution is -0.384. The van der Waals surface area contributed by atoms with E-state index in [9.17, 15) is 19.7 Å². The quantitative estimate of drug-likeness (QED) is 0.336. The first kappa shape index (κ1) is 12.8. The van der Waals surface area contributed by atoms with Gasteiger partial charge in [0.05, 0.1) is 22.8 Å². The van der Waals surface area contributed by atoms with Crippen LogP contribution in [0.25, 0.3) is 0 Å². The van der Waals surface area contributed by atoms with Gasteiger partial charge in [-0.1, -0.05) is 0 Å². The van der Waals surface area contributed by atoms with Gasteiger partial charge in [0.25, 0.3) is 5.69 Å². The van der Waals surface area contributed by atoms with Crippen molar-refractivity contribution in [3.63, 3.8) is 0 Å². The maximum Gasteiger partial charge on any atom is 0.271 e. The van der Waals surface area contributed by atoms with E-state index < -0.39 is 22.8 Å². The molecule has 2 rings (SSSR count). The normalized spacial score (nSPS) is 19.2. The van der Waals surface area contributed by atoms with Gasteiger partial charge < -0.3 is 10.6 Å². The largest absolute Gasteiger partial charge is 0.397 e. The second-order valence-corrected chi connectivity index (χ2v) is 4.22. The summed E-state index contributed by atoms with van der Waals surface area (Å²) in [6, 6.07) is 3.37. The summed E-state index contributed by atoms with van der Waals surface area (Å²) in [5.41, 5.74) is 6.20. The topological polar surface area (TPSA) is 119 Å². The van der Waals surface area contributed by atoms with Crippen LogP contribution in [0.4, 0.5) is 17.1 Å². The summed E-state index contributed by atoms with van der Waals surface area (Å²) in [5.74, 6) is -0.852. The molecule has 0 aromatic heterocycles. The molecule has 0 radical (unpaired) electrons. The van der Waals surface area contributed by atoms with Crippen LogP contribution in [-0.2, 0) is 9.59 Å². The van der Waals surface area contributed by atoms with E-state index in [1.54, 1.807) is 6.92 Å². The third-order valence-corrected chi connectivity index (χ3v) is 2.95. The first-order valence-electron chi connectivity index (χ1n) is 5.54. The number of carbonyl (C=O) groups is 2. The molecule has 8 nitrogen and oxygen atoms in total. The summed E-state index contributed by atoms with van der Waals surface area (Å²) in [4.78, 5) is 34.5. The van der Waals surface area contributed by atoms with Crippen LogP contribution in [-0.4, -0.2) is 29.3 Å². The molecule has 1 fully saturated rings. The Balaban J connectivity index is 2.38. The number of nitrogens with one attached hydrogen (secondary N) is 1. The van der Waals surface area contributed by atoms with Crippen molar-refractivity contribution < 1.29 is 14.5 Å². The van der Waals surface area contributed by atoms with E-state index >= 15 is 0 Å². The number of non-ortho nitro benzene ring substituents is 1. The van der Waals surface area contributed by atoms with Crippen molar-refractivity contribution in [2.45, 2.75) is 13.0 Å². The molecule has 8 heteroatoms. The van der Waals surface area contributed by atoms with E-state index in [1.165, 1.54) is 23.1 Å². The van der Waals surface area contributed by atoms with Gasteiger partial charge in [-0.05, 0) is 13.0 Å². The van der Waals surface area contributed by atoms with Gasteiger partial charge in [-0.25, -0.2) is 0 Å². The molecule has 1 aliphatic rings. The van der Waals surface area contributed by atoms with Gasteiger partial charge >= 0.3 is 0 Å². The Morgan fingerprint density at radius 3 is 2.74 bits per heavy atom. The first-order chi connectivity index (χ1) is 8.90. The van der Waals surface area contributed by atoms with Gasteiger partial charge in [0.1, 0.15) is 6.04 Å². The van der Waals surface area contributed by atoms with E-state index in [2.05, 4.69) is 5.32 Å². The zero-order valence-corrected chi connectivity index (χ0v) is 10.1. The van der Waals surface area contributed by atoms with E-state index in [1.807, 2.05) is 0 Å². The lowest BCUT2D eigenvalue weighted by Gasteiger charge is -2.34. The fourth-order valence-corrected chi connectivity index (χ4v) is 1.93. The van der Waals surface area contributed by atoms with Gasteiger partial charge in [0, 0.05) is 12.1 Å². The van der Waals surface area contributed by atoms with Crippen molar-refractivity contribution >= 4 is 28.9 Å². The SMILES string of the molecule is CC1C(=O)NC(=O)CN1c1ccc([N+](=O)[O-])cc1N. The van der Waals surface area contributed by atoms with Crippen LogP contribution in [0.2, 0.25) is 0 Å². The molecule has 0 spiro atoms. The molecule has 1 unspecified atom stereocenters. The molecular weight excluding hydrogens is 252 g/mol. The van der Waals surface area contributed by atoms with Crippen molar-refractivity contribution in [2.24, 2.45) is 0 Å². The molecule has 1 heterocycles. The zero-order valence-electron chi connectivity index (χ0n) is 10.1. The Hall–Kier alpha value is -2.64. The fourth-order valence-electron chi connectivity index (χ4n) is 1.93. The summed E-state index contributed by atoms with van der Waals surface area (Å²) in [6.07, 6.45) is 0. The molecule has 1 saturated heterocycles. The minimum Gasteiger partial charge on any atom is -0.397 e. The number of nitro benzene ring substituents is 1. The number of nitrogens with two attached hydrogens (primary N) is 1. The number of piperazine rings is 1. The Kier molecular flexibility index (Phi) is 3.07. The van der Waals surface area contributed by atoms with Crippen LogP contribution in [0.15, 0.2) is 18.2 Å². The number of anilines is 2. The number of carbonyl (C=O) groups excluding carboxylic acids is 2. The molecule has 1 aliphatic heterocycles. The number of nitrogens with zero attached hydrogens (tertiary/aromatic N) is 2. The van der Waals surface area contributed by atoms with Crippen molar-refractivity contribution in [3.05, 3.63) is 28.3 Å². The summed E-state index contributed by atoms with van der Waals surface area (Å²) >= 11 is 0. The van der Waals surface area contributed by atoms with Gasteiger partial charge in [-0.2, -0.15) is 0 Å². The average molecular weight is 264 g/mol. The van der Waals surface area contributed by atoms with Gasteiger partial charge in [0.15, 0.2) is 0 Å². The number of hydrogen-bond donors (Lipinski definition) is 2. The van der Waals surface area contributed by atoms with Crippen LogP contribution in [0.1, 0.15) is 6.92 Å². The molecular formula is C11H12N4O4. The molecule has 0 bridgehead atoms. The molecule has 100 valence electrons. The van der Waals surface area contributed by atoms with E-state index in [4.69, 9.17) is 5.73 Å². The molecule has 0 saturated carbocycles. The van der Waals surface area contributed by atoms with E-state index in [-0.39, 0.29) is 17.9 Å². The van der Waals surface area contributed by atoms with Crippen molar-refractivity contribution in [3.8, 4) is 0 Å². The van der Waals surface area contributed by atoms with Crippen molar-refractivity contribution in [1.29, 1.82) is 0 Å². The minimum atomic E-state index is -0.568. The Bertz CT molecular complexity index is 572. The molecule has 1 atom stereocenters. The number of benzene rings is 1. The fraction of sp³-hybridized carbons (Fsp3) is 0.273. The average Bonchev–Trinajstić information content (AvgIpc) is 2.33. The van der Waals surface area contributed by atoms with E-state index in [0.29, 0.717) is 5.69 Å². The monoisotopic (exact) mass is 264 g/mol.